The lowest BCUT2D eigenvalue weighted by atomic mass is 9.79. The van der Waals surface area contributed by atoms with Crippen LogP contribution in [-0.2, 0) is 0 Å². The van der Waals surface area contributed by atoms with Gasteiger partial charge in [-0.05, 0) is 155 Å². The van der Waals surface area contributed by atoms with Gasteiger partial charge < -0.3 is 33.8 Å². The van der Waals surface area contributed by atoms with Gasteiger partial charge in [-0.25, -0.2) is 19.9 Å². The van der Waals surface area contributed by atoms with E-state index in [0.29, 0.717) is 22.3 Å². The van der Waals surface area contributed by atoms with Crippen molar-refractivity contribution in [1.82, 2.24) is 33.6 Å². The number of hydrogen-bond acceptors (Lipinski definition) is 8. The molecule has 0 aliphatic carbocycles. The number of aromatic nitrogens is 7. The van der Waals surface area contributed by atoms with E-state index < -0.39 is 14.2 Å². The third-order valence-corrected chi connectivity index (χ3v) is 20.6. The zero-order valence-electron chi connectivity index (χ0n) is 58.1. The second-order valence-corrected chi connectivity index (χ2v) is 27.6. The van der Waals surface area contributed by atoms with Crippen LogP contribution in [0.1, 0.15) is 0 Å². The van der Waals surface area contributed by atoms with Gasteiger partial charge in [0.15, 0.2) is 0 Å². The Hall–Kier alpha value is -13.2. The number of hydrogen-bond donors (Lipinski definition) is 4. The van der Waals surface area contributed by atoms with Crippen LogP contribution in [0, 0.1) is 0 Å². The van der Waals surface area contributed by atoms with Gasteiger partial charge in [-0.3, -0.25) is 0 Å². The topological polar surface area (TPSA) is 147 Å². The molecule has 0 saturated heterocycles. The zero-order chi connectivity index (χ0) is 72.8. The molecule has 0 spiro atoms. The molecule has 0 fully saturated rings. The standard InChI is InChI=1S/C56H36N4.C20H16B2N2O4.C18H12BrN/c1-3-13-43(14-4-1)59-51-21-11-7-17-45(51)47-35-41(31-33-53(47)59)37-23-27-39(28-24-37)55-56(58-50-20-10-9-19-49(50)57-55)40-29-25-38(26-30-40)42-32-34-54-48(36-42)46-18-8-12-22-52(46)60(54)44-15-5-2-6-16-44;25-21(26)15-9-5-13(6-10-15)19-20(14-7-11-16(12-8-14)22(27)28)24-18-4-2-1-3-17(18)23-19;19-13-10-11-18-16(12-13)15-8-4-5-9-17(15)20(18)14-6-2-1-3-7-14/h1-36H;1-12,25-28H;1-12H. The molecular weight excluding hydrogens is 1390 g/mol. The number of nitrogens with zero attached hydrogens (tertiary/aromatic N) is 7. The van der Waals surface area contributed by atoms with Crippen LogP contribution in [0.5, 0.6) is 0 Å². The van der Waals surface area contributed by atoms with Crippen LogP contribution in [0.3, 0.4) is 0 Å². The lowest BCUT2D eigenvalue weighted by molar-refractivity contribution is 0.424. The predicted octanol–water partition coefficient (Wildman–Crippen LogP) is 20.4. The van der Waals surface area contributed by atoms with E-state index in [2.05, 4.69) is 290 Å². The molecular formula is C94H64B2BrN7O4. The van der Waals surface area contributed by atoms with Crippen molar-refractivity contribution in [1.29, 1.82) is 0 Å². The summed E-state index contributed by atoms with van der Waals surface area (Å²) < 4.78 is 8.14. The fourth-order valence-electron chi connectivity index (χ4n) is 14.9. The van der Waals surface area contributed by atoms with E-state index in [9.17, 15) is 20.1 Å². The Morgan fingerprint density at radius 1 is 0.213 bits per heavy atom. The second kappa shape index (κ2) is 28.7. The van der Waals surface area contributed by atoms with Crippen molar-refractivity contribution in [2.24, 2.45) is 0 Å². The highest BCUT2D eigenvalue weighted by atomic mass is 79.9. The van der Waals surface area contributed by atoms with E-state index >= 15 is 0 Å². The van der Waals surface area contributed by atoms with E-state index in [1.165, 1.54) is 82.2 Å². The Labute approximate surface area is 630 Å². The number of benzene rings is 15. The Balaban J connectivity index is 0.000000140. The molecule has 512 valence electrons. The molecule has 0 bridgehead atoms. The Bertz CT molecular complexity index is 6410. The Morgan fingerprint density at radius 2 is 0.454 bits per heavy atom. The molecule has 0 atom stereocenters. The van der Waals surface area contributed by atoms with Crippen LogP contribution >= 0.6 is 15.9 Å². The molecule has 5 heterocycles. The average molecular weight is 1460 g/mol. The van der Waals surface area contributed by atoms with E-state index in [1.807, 2.05) is 54.6 Å². The predicted molar refractivity (Wildman–Crippen MR) is 449 cm³/mol. The third-order valence-electron chi connectivity index (χ3n) is 20.1. The van der Waals surface area contributed by atoms with Gasteiger partial charge in [-0.15, -0.1) is 0 Å². The molecule has 4 N–H and O–H groups in total. The number of fused-ring (bicyclic) bond motifs is 11. The minimum absolute atomic E-state index is 0.389. The Morgan fingerprint density at radius 3 is 0.769 bits per heavy atom. The normalized spacial score (nSPS) is 11.4. The lowest BCUT2D eigenvalue weighted by Crippen LogP contribution is -2.29. The SMILES string of the molecule is Brc1ccc2c(c1)c1ccccc1n2-c1ccccc1.OB(O)c1ccc(-c2nc3ccccc3nc2-c2ccc(B(O)O)cc2)cc1.c1ccc(-n2c3ccccc3c3cc(-c4ccc(-c5nc6ccccc6nc5-c5ccc(-c6ccc7c(c6)c6ccccc6n7-c6ccccc6)cc5)cc4)ccc32)cc1. The van der Waals surface area contributed by atoms with Gasteiger partial charge in [0.05, 0.1) is 77.9 Å². The van der Waals surface area contributed by atoms with Crippen LogP contribution in [0.15, 0.2) is 368 Å². The van der Waals surface area contributed by atoms with Crippen molar-refractivity contribution in [2.45, 2.75) is 0 Å². The molecule has 108 heavy (non-hydrogen) atoms. The molecule has 5 aromatic heterocycles. The summed E-state index contributed by atoms with van der Waals surface area (Å²) in [6.07, 6.45) is 0. The highest BCUT2D eigenvalue weighted by Crippen LogP contribution is 2.41. The molecule has 0 unspecified atom stereocenters. The molecule has 0 amide bonds. The van der Waals surface area contributed by atoms with Crippen LogP contribution in [0.25, 0.3) is 172 Å². The van der Waals surface area contributed by atoms with Crippen molar-refractivity contribution in [3.05, 3.63) is 368 Å². The molecule has 11 nitrogen and oxygen atoms in total. The van der Waals surface area contributed by atoms with Gasteiger partial charge >= 0.3 is 14.2 Å². The van der Waals surface area contributed by atoms with Crippen LogP contribution in [0.2, 0.25) is 0 Å². The van der Waals surface area contributed by atoms with Gasteiger partial charge in [-0.2, -0.15) is 0 Å². The second-order valence-electron chi connectivity index (χ2n) is 26.7. The summed E-state index contributed by atoms with van der Waals surface area (Å²) in [5.41, 5.74) is 26.1. The fourth-order valence-corrected chi connectivity index (χ4v) is 15.2. The maximum absolute atomic E-state index is 9.32. The van der Waals surface area contributed by atoms with Crippen molar-refractivity contribution >= 4 is 129 Å². The Kier molecular flexibility index (Phi) is 17.7. The molecule has 15 aromatic carbocycles. The first-order valence-corrected chi connectivity index (χ1v) is 36.5. The van der Waals surface area contributed by atoms with Gasteiger partial charge in [0.1, 0.15) is 0 Å². The molecule has 0 saturated carbocycles. The van der Waals surface area contributed by atoms with E-state index in [4.69, 9.17) is 19.9 Å². The van der Waals surface area contributed by atoms with Crippen molar-refractivity contribution in [3.8, 4) is 84.3 Å². The van der Waals surface area contributed by atoms with Gasteiger partial charge in [-0.1, -0.05) is 259 Å². The van der Waals surface area contributed by atoms with E-state index in [0.717, 1.165) is 82.7 Å². The third kappa shape index (κ3) is 12.6. The molecule has 0 aliphatic heterocycles. The van der Waals surface area contributed by atoms with Crippen LogP contribution < -0.4 is 10.9 Å². The van der Waals surface area contributed by atoms with Crippen LogP contribution in [0.4, 0.5) is 0 Å². The highest BCUT2D eigenvalue weighted by molar-refractivity contribution is 9.10. The smallest absolute Gasteiger partial charge is 0.423 e. The number of para-hydroxylation sites is 10. The summed E-state index contributed by atoms with van der Waals surface area (Å²) in [5, 5.41) is 44.8. The van der Waals surface area contributed by atoms with Crippen LogP contribution in [-0.4, -0.2) is 68.0 Å². The maximum Gasteiger partial charge on any atom is 0.488 e. The summed E-state index contributed by atoms with van der Waals surface area (Å²) >= 11 is 3.57. The first-order valence-electron chi connectivity index (χ1n) is 35.7. The van der Waals surface area contributed by atoms with Gasteiger partial charge in [0.2, 0.25) is 0 Å². The highest BCUT2D eigenvalue weighted by Gasteiger charge is 2.21. The monoisotopic (exact) mass is 1460 g/mol. The minimum atomic E-state index is -1.53. The van der Waals surface area contributed by atoms with Crippen molar-refractivity contribution in [3.63, 3.8) is 0 Å². The maximum atomic E-state index is 9.32. The van der Waals surface area contributed by atoms with Crippen molar-refractivity contribution < 1.29 is 20.1 Å². The van der Waals surface area contributed by atoms with E-state index in [1.54, 1.807) is 48.5 Å². The first-order chi connectivity index (χ1) is 53.1. The van der Waals surface area contributed by atoms with Gasteiger partial charge in [0.25, 0.3) is 0 Å². The van der Waals surface area contributed by atoms with E-state index in [-0.39, 0.29) is 0 Å². The summed E-state index contributed by atoms with van der Waals surface area (Å²) in [4.78, 5) is 20.0. The quantitative estimate of drug-likeness (QED) is 0.0936. The lowest BCUT2D eigenvalue weighted by Gasteiger charge is -2.12. The largest absolute Gasteiger partial charge is 0.488 e. The molecule has 0 aliphatic rings. The summed E-state index contributed by atoms with van der Waals surface area (Å²) in [7, 11) is -3.07. The molecule has 20 aromatic rings. The number of halogens is 1. The summed E-state index contributed by atoms with van der Waals surface area (Å²) in [5.74, 6) is 0. The van der Waals surface area contributed by atoms with Gasteiger partial charge in [0, 0.05) is 76.1 Å². The minimum Gasteiger partial charge on any atom is -0.423 e. The first kappa shape index (κ1) is 66.8. The van der Waals surface area contributed by atoms with Crippen molar-refractivity contribution in [2.75, 3.05) is 0 Å². The zero-order valence-corrected chi connectivity index (χ0v) is 59.7. The number of rotatable bonds is 11. The molecule has 20 rings (SSSR count). The molecule has 0 radical (unpaired) electrons. The fraction of sp³-hybridized carbons (Fsp3) is 0. The summed E-state index contributed by atoms with van der Waals surface area (Å²) in [6, 6.07) is 125. The average Bonchev–Trinajstić information content (AvgIpc) is 1.60. The molecule has 14 heteroatoms. The summed E-state index contributed by atoms with van der Waals surface area (Å²) in [6.45, 7) is 0.